The molecule has 2 aromatic carbocycles. The lowest BCUT2D eigenvalue weighted by atomic mass is 10.1. The second kappa shape index (κ2) is 8.59. The van der Waals surface area contributed by atoms with Crippen molar-refractivity contribution in [1.29, 1.82) is 0 Å². The number of rotatable bonds is 6. The fourth-order valence-electron chi connectivity index (χ4n) is 3.48. The molecule has 0 unspecified atom stereocenters. The zero-order valence-electron chi connectivity index (χ0n) is 16.5. The van der Waals surface area contributed by atoms with E-state index in [-0.39, 0.29) is 12.4 Å². The number of aryl methyl sites for hydroxylation is 1. The lowest BCUT2D eigenvalue weighted by Crippen LogP contribution is -2.16. The molecular weight excluding hydrogens is 370 g/mol. The molecule has 0 saturated carbocycles. The van der Waals surface area contributed by atoms with Gasteiger partial charge in [-0.25, -0.2) is 9.67 Å². The molecule has 5 nitrogen and oxygen atoms in total. The van der Waals surface area contributed by atoms with Gasteiger partial charge < -0.3 is 10.2 Å². The third kappa shape index (κ3) is 3.81. The maximum Gasteiger partial charge on any atom is 0.165 e. The van der Waals surface area contributed by atoms with E-state index in [4.69, 9.17) is 10.1 Å². The van der Waals surface area contributed by atoms with E-state index in [0.29, 0.717) is 0 Å². The topological polar surface area (TPSA) is 46.0 Å². The molecule has 2 aromatic heterocycles. The van der Waals surface area contributed by atoms with Gasteiger partial charge in [0, 0.05) is 11.9 Å². The lowest BCUT2D eigenvalue weighted by molar-refractivity contribution is 0.405. The summed E-state index contributed by atoms with van der Waals surface area (Å²) in [5, 5.41) is 10.7. The highest BCUT2D eigenvalue weighted by molar-refractivity contribution is 6.07. The molecule has 1 N–H and O–H groups in total. The minimum atomic E-state index is 0. The van der Waals surface area contributed by atoms with Crippen molar-refractivity contribution < 1.29 is 0 Å². The van der Waals surface area contributed by atoms with Crippen molar-refractivity contribution in [2.45, 2.75) is 13.3 Å². The van der Waals surface area contributed by atoms with E-state index in [9.17, 15) is 0 Å². The molecule has 4 aromatic rings. The molecule has 146 valence electrons. The van der Waals surface area contributed by atoms with Crippen LogP contribution < -0.4 is 5.32 Å². The van der Waals surface area contributed by atoms with E-state index in [1.807, 2.05) is 28.9 Å². The Balaban J connectivity index is 0.00000225. The van der Waals surface area contributed by atoms with E-state index in [1.54, 1.807) is 0 Å². The Morgan fingerprint density at radius 1 is 1.00 bits per heavy atom. The molecule has 2 heterocycles. The van der Waals surface area contributed by atoms with Crippen LogP contribution in [-0.4, -0.2) is 46.8 Å². The highest BCUT2D eigenvalue weighted by Gasteiger charge is 2.17. The van der Waals surface area contributed by atoms with Gasteiger partial charge in [0.05, 0.1) is 28.0 Å². The Bertz CT molecular complexity index is 1070. The Morgan fingerprint density at radius 3 is 2.46 bits per heavy atom. The van der Waals surface area contributed by atoms with E-state index < -0.39 is 0 Å². The van der Waals surface area contributed by atoms with E-state index in [1.165, 1.54) is 0 Å². The number of hydrogen-bond donors (Lipinski definition) is 1. The van der Waals surface area contributed by atoms with Gasteiger partial charge in [-0.3, -0.25) is 0 Å². The third-order valence-electron chi connectivity index (χ3n) is 4.77. The van der Waals surface area contributed by atoms with Crippen molar-refractivity contribution in [3.05, 3.63) is 60.3 Å². The quantitative estimate of drug-likeness (QED) is 0.482. The number of nitrogens with one attached hydrogen (secondary N) is 1. The molecule has 0 aliphatic carbocycles. The second-order valence-electron chi connectivity index (χ2n) is 7.12. The normalized spacial score (nSPS) is 11.1. The van der Waals surface area contributed by atoms with Gasteiger partial charge in [-0.1, -0.05) is 36.4 Å². The molecule has 0 radical (unpaired) electrons. The molecule has 0 amide bonds. The summed E-state index contributed by atoms with van der Waals surface area (Å²) in [5.74, 6) is 0. The molecular formula is C22H26ClN5. The summed E-state index contributed by atoms with van der Waals surface area (Å²) in [6, 6.07) is 18.5. The molecule has 28 heavy (non-hydrogen) atoms. The molecule has 4 rings (SSSR count). The van der Waals surface area contributed by atoms with Crippen molar-refractivity contribution in [2.75, 3.05) is 32.5 Å². The average molecular weight is 396 g/mol. The highest BCUT2D eigenvalue weighted by atomic mass is 35.5. The first kappa shape index (κ1) is 20.1. The van der Waals surface area contributed by atoms with Gasteiger partial charge in [0.25, 0.3) is 0 Å². The lowest BCUT2D eigenvalue weighted by Gasteiger charge is -2.14. The van der Waals surface area contributed by atoms with E-state index in [0.717, 1.165) is 58.5 Å². The van der Waals surface area contributed by atoms with Crippen LogP contribution in [0.25, 0.3) is 27.6 Å². The van der Waals surface area contributed by atoms with Gasteiger partial charge in [-0.15, -0.1) is 12.4 Å². The van der Waals surface area contributed by atoms with Gasteiger partial charge in [0.15, 0.2) is 5.65 Å². The smallest absolute Gasteiger partial charge is 0.165 e. The molecule has 0 saturated heterocycles. The SMILES string of the molecule is Cc1nn(-c2ccccc2)c2nc3ccccc3c(NCCCN(C)C)c12.Cl. The Morgan fingerprint density at radius 2 is 1.71 bits per heavy atom. The maximum atomic E-state index is 4.94. The second-order valence-corrected chi connectivity index (χ2v) is 7.12. The van der Waals surface area contributed by atoms with Crippen LogP contribution in [0, 0.1) is 6.92 Å². The first-order valence-corrected chi connectivity index (χ1v) is 9.37. The van der Waals surface area contributed by atoms with Crippen molar-refractivity contribution in [2.24, 2.45) is 0 Å². The molecule has 0 atom stereocenters. The molecule has 6 heteroatoms. The van der Waals surface area contributed by atoms with Crippen molar-refractivity contribution in [3.63, 3.8) is 0 Å². The minimum absolute atomic E-state index is 0. The largest absolute Gasteiger partial charge is 0.384 e. The highest BCUT2D eigenvalue weighted by Crippen LogP contribution is 2.33. The van der Waals surface area contributed by atoms with E-state index >= 15 is 0 Å². The summed E-state index contributed by atoms with van der Waals surface area (Å²) in [7, 11) is 4.21. The number of para-hydroxylation sites is 2. The van der Waals surface area contributed by atoms with Gasteiger partial charge in [-0.05, 0) is 52.2 Å². The number of halogens is 1. The molecule has 0 spiro atoms. The van der Waals surface area contributed by atoms with Crippen molar-refractivity contribution in [1.82, 2.24) is 19.7 Å². The van der Waals surface area contributed by atoms with Gasteiger partial charge in [-0.2, -0.15) is 5.10 Å². The number of fused-ring (bicyclic) bond motifs is 2. The first-order valence-electron chi connectivity index (χ1n) is 9.37. The Labute approximate surface area is 171 Å². The summed E-state index contributed by atoms with van der Waals surface area (Å²) < 4.78 is 1.95. The Kier molecular flexibility index (Phi) is 6.17. The maximum absolute atomic E-state index is 4.94. The number of hydrogen-bond acceptors (Lipinski definition) is 4. The fourth-order valence-corrected chi connectivity index (χ4v) is 3.48. The summed E-state index contributed by atoms with van der Waals surface area (Å²) in [5.41, 5.74) is 5.03. The molecule has 0 aliphatic heterocycles. The van der Waals surface area contributed by atoms with Crippen LogP contribution in [0.3, 0.4) is 0 Å². The van der Waals surface area contributed by atoms with Crippen LogP contribution in [0.4, 0.5) is 5.69 Å². The average Bonchev–Trinajstić information content (AvgIpc) is 3.01. The van der Waals surface area contributed by atoms with Crippen LogP contribution in [0.1, 0.15) is 12.1 Å². The summed E-state index contributed by atoms with van der Waals surface area (Å²) in [6.07, 6.45) is 1.08. The predicted molar refractivity (Wildman–Crippen MR) is 120 cm³/mol. The molecule has 0 fully saturated rings. The van der Waals surface area contributed by atoms with Crippen LogP contribution in [-0.2, 0) is 0 Å². The van der Waals surface area contributed by atoms with E-state index in [2.05, 4.69) is 61.6 Å². The van der Waals surface area contributed by atoms with Gasteiger partial charge in [0.1, 0.15) is 0 Å². The Hall–Kier alpha value is -2.63. The summed E-state index contributed by atoms with van der Waals surface area (Å²) in [6.45, 7) is 4.03. The molecule has 0 bridgehead atoms. The van der Waals surface area contributed by atoms with Crippen LogP contribution in [0.15, 0.2) is 54.6 Å². The van der Waals surface area contributed by atoms with Gasteiger partial charge >= 0.3 is 0 Å². The predicted octanol–water partition coefficient (Wildman–Crippen LogP) is 4.67. The van der Waals surface area contributed by atoms with Crippen LogP contribution in [0.5, 0.6) is 0 Å². The standard InChI is InChI=1S/C22H25N5.ClH/c1-16-20-21(23-14-9-15-26(2)3)18-12-7-8-13-19(18)24-22(20)27(25-16)17-10-5-4-6-11-17;/h4-8,10-13H,9,14-15H2,1-3H3,(H,23,24);1H. The number of anilines is 1. The van der Waals surface area contributed by atoms with Crippen LogP contribution >= 0.6 is 12.4 Å². The fraction of sp³-hybridized carbons (Fsp3) is 0.273. The monoisotopic (exact) mass is 395 g/mol. The summed E-state index contributed by atoms with van der Waals surface area (Å²) in [4.78, 5) is 7.15. The van der Waals surface area contributed by atoms with Crippen molar-refractivity contribution >= 4 is 40.0 Å². The van der Waals surface area contributed by atoms with Crippen LogP contribution in [0.2, 0.25) is 0 Å². The zero-order valence-corrected chi connectivity index (χ0v) is 17.3. The first-order chi connectivity index (χ1) is 13.1. The number of benzene rings is 2. The van der Waals surface area contributed by atoms with Gasteiger partial charge in [0.2, 0.25) is 0 Å². The zero-order chi connectivity index (χ0) is 18.8. The number of aromatic nitrogens is 3. The number of nitrogens with zero attached hydrogens (tertiary/aromatic N) is 4. The van der Waals surface area contributed by atoms with Crippen molar-refractivity contribution in [3.8, 4) is 5.69 Å². The number of pyridine rings is 1. The third-order valence-corrected chi connectivity index (χ3v) is 4.77. The minimum Gasteiger partial charge on any atom is -0.384 e. The molecule has 0 aliphatic rings. The summed E-state index contributed by atoms with van der Waals surface area (Å²) >= 11 is 0.